The van der Waals surface area contributed by atoms with Crippen molar-refractivity contribution in [1.29, 1.82) is 0 Å². The van der Waals surface area contributed by atoms with Crippen molar-refractivity contribution in [3.63, 3.8) is 0 Å². The van der Waals surface area contributed by atoms with Gasteiger partial charge in [-0.3, -0.25) is 4.79 Å². The van der Waals surface area contributed by atoms with Gasteiger partial charge in [0.05, 0.1) is 5.71 Å². The molecular weight excluding hydrogens is 256 g/mol. The quantitative estimate of drug-likeness (QED) is 0.591. The van der Waals surface area contributed by atoms with E-state index < -0.39 is 5.91 Å². The highest BCUT2D eigenvalue weighted by Gasteiger charge is 2.05. The lowest BCUT2D eigenvalue weighted by Crippen LogP contribution is -2.19. The number of rotatable bonds is 3. The second-order valence-corrected chi connectivity index (χ2v) is 4.24. The highest BCUT2D eigenvalue weighted by atomic mass is 16.3. The number of nitrogens with zero attached hydrogens (tertiary/aromatic N) is 1. The van der Waals surface area contributed by atoms with Crippen molar-refractivity contribution in [2.24, 2.45) is 5.10 Å². The fourth-order valence-electron chi connectivity index (χ4n) is 1.61. The Kier molecular flexibility index (Phi) is 4.00. The Labute approximate surface area is 116 Å². The van der Waals surface area contributed by atoms with Crippen molar-refractivity contribution in [2.45, 2.75) is 6.92 Å². The lowest BCUT2D eigenvalue weighted by atomic mass is 10.1. The van der Waals surface area contributed by atoms with E-state index in [1.165, 1.54) is 12.1 Å². The van der Waals surface area contributed by atoms with Crippen molar-refractivity contribution in [3.05, 3.63) is 59.7 Å². The summed E-state index contributed by atoms with van der Waals surface area (Å²) in [5.74, 6) is -0.207. The monoisotopic (exact) mass is 270 g/mol. The number of amides is 1. The number of carbonyl (C=O) groups is 1. The molecule has 0 unspecified atom stereocenters. The molecule has 0 fully saturated rings. The number of hydrazone groups is 1. The van der Waals surface area contributed by atoms with E-state index in [-0.39, 0.29) is 11.5 Å². The van der Waals surface area contributed by atoms with E-state index in [4.69, 9.17) is 0 Å². The van der Waals surface area contributed by atoms with Crippen molar-refractivity contribution in [1.82, 2.24) is 5.43 Å². The van der Waals surface area contributed by atoms with Crippen LogP contribution in [0.3, 0.4) is 0 Å². The van der Waals surface area contributed by atoms with Gasteiger partial charge in [-0.25, -0.2) is 5.43 Å². The fraction of sp³-hybridized carbons (Fsp3) is 0.0667. The molecule has 0 atom stereocenters. The highest BCUT2D eigenvalue weighted by Crippen LogP contribution is 2.11. The normalized spacial score (nSPS) is 11.2. The minimum atomic E-state index is -0.404. The van der Waals surface area contributed by atoms with Crippen LogP contribution in [0.5, 0.6) is 11.5 Å². The highest BCUT2D eigenvalue weighted by molar-refractivity contribution is 6.01. The Morgan fingerprint density at radius 3 is 2.35 bits per heavy atom. The van der Waals surface area contributed by atoms with Crippen LogP contribution in [0.1, 0.15) is 22.8 Å². The molecule has 0 heterocycles. The Morgan fingerprint density at radius 1 is 1.00 bits per heavy atom. The summed E-state index contributed by atoms with van der Waals surface area (Å²) in [5, 5.41) is 22.5. The van der Waals surface area contributed by atoms with E-state index >= 15 is 0 Å². The van der Waals surface area contributed by atoms with Gasteiger partial charge in [-0.1, -0.05) is 6.07 Å². The van der Waals surface area contributed by atoms with Crippen LogP contribution in [0.15, 0.2) is 53.6 Å². The van der Waals surface area contributed by atoms with Crippen LogP contribution < -0.4 is 5.43 Å². The average Bonchev–Trinajstić information content (AvgIpc) is 2.45. The van der Waals surface area contributed by atoms with E-state index in [1.807, 2.05) is 0 Å². The summed E-state index contributed by atoms with van der Waals surface area (Å²) in [6.07, 6.45) is 0. The molecule has 102 valence electrons. The first kappa shape index (κ1) is 13.6. The van der Waals surface area contributed by atoms with Crippen LogP contribution in [-0.2, 0) is 0 Å². The van der Waals surface area contributed by atoms with Gasteiger partial charge in [-0.15, -0.1) is 0 Å². The number of phenolic OH excluding ortho intramolecular Hbond substituents is 2. The zero-order valence-electron chi connectivity index (χ0n) is 10.9. The number of hydrogen-bond donors (Lipinski definition) is 3. The average molecular weight is 270 g/mol. The molecule has 0 aliphatic carbocycles. The molecule has 0 radical (unpaired) electrons. The predicted molar refractivity (Wildman–Crippen MR) is 75.9 cm³/mol. The number of carbonyl (C=O) groups excluding carboxylic acids is 1. The number of hydrogen-bond acceptors (Lipinski definition) is 4. The van der Waals surface area contributed by atoms with Crippen LogP contribution in [0.4, 0.5) is 0 Å². The summed E-state index contributed by atoms with van der Waals surface area (Å²) in [4.78, 5) is 11.8. The SMILES string of the molecule is C/C(=N\NC(=O)c1cccc(O)c1)c1ccc(O)cc1. The third-order valence-electron chi connectivity index (χ3n) is 2.72. The molecule has 3 N–H and O–H groups in total. The molecule has 5 nitrogen and oxygen atoms in total. The first-order valence-electron chi connectivity index (χ1n) is 5.99. The summed E-state index contributed by atoms with van der Waals surface area (Å²) in [6.45, 7) is 1.75. The van der Waals surface area contributed by atoms with Crippen LogP contribution in [0, 0.1) is 0 Å². The Hall–Kier alpha value is -2.82. The van der Waals surface area contributed by atoms with Crippen molar-refractivity contribution in [2.75, 3.05) is 0 Å². The lowest BCUT2D eigenvalue weighted by Gasteiger charge is -2.03. The number of aromatic hydroxyl groups is 2. The molecule has 0 aromatic heterocycles. The van der Waals surface area contributed by atoms with E-state index in [9.17, 15) is 15.0 Å². The maximum atomic E-state index is 11.8. The van der Waals surface area contributed by atoms with E-state index in [0.29, 0.717) is 11.3 Å². The minimum Gasteiger partial charge on any atom is -0.508 e. The topological polar surface area (TPSA) is 81.9 Å². The third-order valence-corrected chi connectivity index (χ3v) is 2.72. The summed E-state index contributed by atoms with van der Waals surface area (Å²) >= 11 is 0. The molecule has 0 saturated heterocycles. The minimum absolute atomic E-state index is 0.0249. The zero-order chi connectivity index (χ0) is 14.5. The molecule has 0 aliphatic rings. The molecule has 0 bridgehead atoms. The second kappa shape index (κ2) is 5.88. The Bertz CT molecular complexity index is 648. The van der Waals surface area contributed by atoms with Crippen LogP contribution in [0.2, 0.25) is 0 Å². The molecule has 5 heteroatoms. The molecule has 2 aromatic rings. The van der Waals surface area contributed by atoms with E-state index in [1.54, 1.807) is 43.3 Å². The molecule has 20 heavy (non-hydrogen) atoms. The van der Waals surface area contributed by atoms with Crippen molar-refractivity contribution < 1.29 is 15.0 Å². The van der Waals surface area contributed by atoms with Gasteiger partial charge >= 0.3 is 0 Å². The van der Waals surface area contributed by atoms with Crippen LogP contribution in [0.25, 0.3) is 0 Å². The van der Waals surface area contributed by atoms with Crippen LogP contribution in [-0.4, -0.2) is 21.8 Å². The molecule has 2 rings (SSSR count). The number of nitrogens with one attached hydrogen (secondary N) is 1. The van der Waals surface area contributed by atoms with Gasteiger partial charge in [0.2, 0.25) is 0 Å². The first-order valence-corrected chi connectivity index (χ1v) is 5.99. The number of phenols is 2. The van der Waals surface area contributed by atoms with Crippen molar-refractivity contribution >= 4 is 11.6 Å². The summed E-state index contributed by atoms with van der Waals surface area (Å²) in [6, 6.07) is 12.5. The van der Waals surface area contributed by atoms with Gasteiger partial charge in [0.1, 0.15) is 11.5 Å². The zero-order valence-corrected chi connectivity index (χ0v) is 10.9. The first-order chi connectivity index (χ1) is 9.56. The maximum Gasteiger partial charge on any atom is 0.271 e. The standard InChI is InChI=1S/C15H14N2O3/c1-10(11-5-7-13(18)8-6-11)16-17-15(20)12-3-2-4-14(19)9-12/h2-9,18-19H,1H3,(H,17,20)/b16-10+. The second-order valence-electron chi connectivity index (χ2n) is 4.24. The molecular formula is C15H14N2O3. The fourth-order valence-corrected chi connectivity index (χ4v) is 1.61. The predicted octanol–water partition coefficient (Wildman–Crippen LogP) is 2.25. The molecule has 0 saturated carbocycles. The largest absolute Gasteiger partial charge is 0.508 e. The van der Waals surface area contributed by atoms with E-state index in [0.717, 1.165) is 5.56 Å². The Balaban J connectivity index is 2.08. The summed E-state index contributed by atoms with van der Waals surface area (Å²) in [5.41, 5.74) is 4.14. The lowest BCUT2D eigenvalue weighted by molar-refractivity contribution is 0.0954. The van der Waals surface area contributed by atoms with E-state index in [2.05, 4.69) is 10.5 Å². The van der Waals surface area contributed by atoms with Gasteiger partial charge in [0.25, 0.3) is 5.91 Å². The summed E-state index contributed by atoms with van der Waals surface area (Å²) < 4.78 is 0. The maximum absolute atomic E-state index is 11.8. The smallest absolute Gasteiger partial charge is 0.271 e. The molecule has 2 aromatic carbocycles. The van der Waals surface area contributed by atoms with Crippen LogP contribution >= 0.6 is 0 Å². The molecule has 0 spiro atoms. The van der Waals surface area contributed by atoms with Gasteiger partial charge < -0.3 is 10.2 Å². The van der Waals surface area contributed by atoms with Gasteiger partial charge in [0.15, 0.2) is 0 Å². The third kappa shape index (κ3) is 3.35. The summed E-state index contributed by atoms with van der Waals surface area (Å²) in [7, 11) is 0. The number of benzene rings is 2. The molecule has 1 amide bonds. The van der Waals surface area contributed by atoms with Gasteiger partial charge in [-0.05, 0) is 55.0 Å². The Morgan fingerprint density at radius 2 is 1.70 bits per heavy atom. The van der Waals surface area contributed by atoms with Gasteiger partial charge in [-0.2, -0.15) is 5.10 Å². The van der Waals surface area contributed by atoms with Gasteiger partial charge in [0, 0.05) is 5.56 Å². The molecule has 0 aliphatic heterocycles. The van der Waals surface area contributed by atoms with Crippen molar-refractivity contribution in [3.8, 4) is 11.5 Å².